The molecule has 0 spiro atoms. The zero-order valence-electron chi connectivity index (χ0n) is 10.9. The number of hydrogen-bond donors (Lipinski definition) is 3. The molecule has 1 heterocycles. The van der Waals surface area contributed by atoms with Gasteiger partial charge < -0.3 is 10.4 Å². The van der Waals surface area contributed by atoms with Crippen molar-refractivity contribution in [2.45, 2.75) is 0 Å². The van der Waals surface area contributed by atoms with Crippen molar-refractivity contribution >= 4 is 29.1 Å². The molecule has 2 rings (SSSR count). The molecule has 5 nitrogen and oxygen atoms in total. The molecule has 21 heavy (non-hydrogen) atoms. The summed E-state index contributed by atoms with van der Waals surface area (Å²) < 4.78 is 0. The number of carbonyl (C=O) groups is 1. The maximum atomic E-state index is 11.9. The van der Waals surface area contributed by atoms with E-state index in [2.05, 4.69) is 27.5 Å². The highest BCUT2D eigenvalue weighted by Crippen LogP contribution is 2.20. The maximum absolute atomic E-state index is 11.9. The first-order valence-corrected chi connectivity index (χ1v) is 6.45. The van der Waals surface area contributed by atoms with Gasteiger partial charge in [0.25, 0.3) is 0 Å². The summed E-state index contributed by atoms with van der Waals surface area (Å²) in [6.07, 6.45) is 1.52. The van der Waals surface area contributed by atoms with Crippen LogP contribution < -0.4 is 10.6 Å². The number of para-hydroxylation sites is 1. The average molecular weight is 302 g/mol. The molecule has 0 saturated carbocycles. The van der Waals surface area contributed by atoms with E-state index in [1.165, 1.54) is 6.20 Å². The molecule has 0 radical (unpaired) electrons. The highest BCUT2D eigenvalue weighted by molar-refractivity contribution is 6.33. The Hall–Kier alpha value is -2.55. The van der Waals surface area contributed by atoms with Crippen LogP contribution in [0.5, 0.6) is 0 Å². The smallest absolute Gasteiger partial charge is 0.324 e. The molecule has 106 valence electrons. The van der Waals surface area contributed by atoms with Crippen molar-refractivity contribution in [1.82, 2.24) is 4.98 Å². The van der Waals surface area contributed by atoms with Crippen molar-refractivity contribution in [2.24, 2.45) is 0 Å². The van der Waals surface area contributed by atoms with E-state index in [4.69, 9.17) is 16.7 Å². The summed E-state index contributed by atoms with van der Waals surface area (Å²) in [6.45, 7) is -0.224. The van der Waals surface area contributed by atoms with Crippen LogP contribution in [-0.4, -0.2) is 22.7 Å². The lowest BCUT2D eigenvalue weighted by molar-refractivity contribution is 0.262. The van der Waals surface area contributed by atoms with Crippen LogP contribution in [0.15, 0.2) is 42.6 Å². The van der Waals surface area contributed by atoms with Crippen LogP contribution in [0.3, 0.4) is 0 Å². The molecule has 0 atom stereocenters. The molecular formula is C15H12ClN3O2. The van der Waals surface area contributed by atoms with E-state index in [-0.39, 0.29) is 6.61 Å². The molecule has 2 aromatic rings. The molecule has 0 bridgehead atoms. The van der Waals surface area contributed by atoms with Crippen molar-refractivity contribution in [3.63, 3.8) is 0 Å². The number of aliphatic hydroxyl groups excluding tert-OH is 1. The number of amides is 2. The normalized spacial score (nSPS) is 9.43. The van der Waals surface area contributed by atoms with Gasteiger partial charge in [-0.1, -0.05) is 35.6 Å². The van der Waals surface area contributed by atoms with E-state index >= 15 is 0 Å². The van der Waals surface area contributed by atoms with Crippen LogP contribution in [0.25, 0.3) is 0 Å². The monoisotopic (exact) mass is 301 g/mol. The van der Waals surface area contributed by atoms with Crippen molar-refractivity contribution in [2.75, 3.05) is 17.2 Å². The number of hydrogen-bond acceptors (Lipinski definition) is 3. The summed E-state index contributed by atoms with van der Waals surface area (Å²) in [5, 5.41) is 14.3. The van der Waals surface area contributed by atoms with E-state index < -0.39 is 6.03 Å². The fraction of sp³-hybridized carbons (Fsp3) is 0.0667. The molecule has 1 aromatic heterocycles. The van der Waals surface area contributed by atoms with Crippen molar-refractivity contribution in [3.8, 4) is 11.8 Å². The molecule has 0 saturated heterocycles. The van der Waals surface area contributed by atoms with E-state index in [1.54, 1.807) is 36.4 Å². The number of aromatic nitrogens is 1. The maximum Gasteiger partial charge on any atom is 0.324 e. The van der Waals surface area contributed by atoms with Crippen LogP contribution in [0.4, 0.5) is 16.3 Å². The molecular weight excluding hydrogens is 290 g/mol. The van der Waals surface area contributed by atoms with Gasteiger partial charge in [0.15, 0.2) is 0 Å². The van der Waals surface area contributed by atoms with Crippen LogP contribution in [0, 0.1) is 11.8 Å². The predicted molar refractivity (Wildman–Crippen MR) is 82.3 cm³/mol. The standard InChI is InChI=1S/C15H12ClN3O2/c16-12-5-1-2-6-13(12)18-15(21)19-14-10-11(4-3-9-20)7-8-17-14/h1-2,5-8,10,20H,9H2,(H2,17,18,19,21). The molecule has 6 heteroatoms. The number of aliphatic hydroxyl groups is 1. The van der Waals surface area contributed by atoms with Gasteiger partial charge in [-0.2, -0.15) is 0 Å². The Balaban J connectivity index is 2.04. The molecule has 3 N–H and O–H groups in total. The number of nitrogens with zero attached hydrogens (tertiary/aromatic N) is 1. The highest BCUT2D eigenvalue weighted by atomic mass is 35.5. The predicted octanol–water partition coefficient (Wildman–Crippen LogP) is 2.72. The van der Waals surface area contributed by atoms with Crippen LogP contribution in [0.2, 0.25) is 5.02 Å². The molecule has 1 aromatic carbocycles. The Morgan fingerprint density at radius 3 is 2.86 bits per heavy atom. The van der Waals surface area contributed by atoms with E-state index in [0.29, 0.717) is 22.1 Å². The molecule has 2 amide bonds. The average Bonchev–Trinajstić information content (AvgIpc) is 2.48. The summed E-state index contributed by atoms with van der Waals surface area (Å²) in [6, 6.07) is 9.75. The first kappa shape index (κ1) is 14.9. The van der Waals surface area contributed by atoms with Gasteiger partial charge >= 0.3 is 6.03 Å². The van der Waals surface area contributed by atoms with Gasteiger partial charge in [-0.05, 0) is 24.3 Å². The van der Waals surface area contributed by atoms with Gasteiger partial charge in [-0.25, -0.2) is 9.78 Å². The zero-order chi connectivity index (χ0) is 15.1. The topological polar surface area (TPSA) is 74.2 Å². The summed E-state index contributed by atoms with van der Waals surface area (Å²) in [4.78, 5) is 15.9. The molecule has 0 aliphatic heterocycles. The largest absolute Gasteiger partial charge is 0.384 e. The van der Waals surface area contributed by atoms with Gasteiger partial charge in [0.2, 0.25) is 0 Å². The second-order valence-electron chi connectivity index (χ2n) is 3.95. The summed E-state index contributed by atoms with van der Waals surface area (Å²) >= 11 is 5.95. The number of anilines is 2. The summed E-state index contributed by atoms with van der Waals surface area (Å²) in [5.74, 6) is 5.61. The summed E-state index contributed by atoms with van der Waals surface area (Å²) in [5.41, 5.74) is 1.15. The number of carbonyl (C=O) groups excluding carboxylic acids is 1. The molecule has 0 aliphatic carbocycles. The van der Waals surface area contributed by atoms with E-state index in [9.17, 15) is 4.79 Å². The summed E-state index contributed by atoms with van der Waals surface area (Å²) in [7, 11) is 0. The lowest BCUT2D eigenvalue weighted by atomic mass is 10.2. The van der Waals surface area contributed by atoms with Crippen LogP contribution >= 0.6 is 11.6 Å². The number of nitrogens with one attached hydrogen (secondary N) is 2. The van der Waals surface area contributed by atoms with Gasteiger partial charge in [-0.15, -0.1) is 0 Å². The van der Waals surface area contributed by atoms with Crippen LogP contribution in [0.1, 0.15) is 5.56 Å². The lowest BCUT2D eigenvalue weighted by Gasteiger charge is -2.08. The Kier molecular flexibility index (Phi) is 5.16. The molecule has 0 fully saturated rings. The Morgan fingerprint density at radius 2 is 2.10 bits per heavy atom. The quantitative estimate of drug-likeness (QED) is 0.747. The van der Waals surface area contributed by atoms with E-state index in [0.717, 1.165) is 0 Å². The Labute approximate surface area is 127 Å². The SMILES string of the molecule is O=C(Nc1cc(C#CCO)ccn1)Nc1ccccc1Cl. The number of rotatable bonds is 2. The van der Waals surface area contributed by atoms with Gasteiger partial charge in [0, 0.05) is 11.8 Å². The first-order valence-electron chi connectivity index (χ1n) is 6.07. The second kappa shape index (κ2) is 7.29. The van der Waals surface area contributed by atoms with Gasteiger partial charge in [0.05, 0.1) is 10.7 Å². The third-order valence-corrected chi connectivity index (χ3v) is 2.76. The minimum Gasteiger partial charge on any atom is -0.384 e. The lowest BCUT2D eigenvalue weighted by Crippen LogP contribution is -2.20. The van der Waals surface area contributed by atoms with Crippen molar-refractivity contribution in [1.29, 1.82) is 0 Å². The Morgan fingerprint density at radius 1 is 1.29 bits per heavy atom. The van der Waals surface area contributed by atoms with Crippen LogP contribution in [-0.2, 0) is 0 Å². The fourth-order valence-corrected chi connectivity index (χ4v) is 1.73. The number of halogens is 1. The number of benzene rings is 1. The zero-order valence-corrected chi connectivity index (χ0v) is 11.7. The molecule has 0 aliphatic rings. The van der Waals surface area contributed by atoms with E-state index in [1.807, 2.05) is 0 Å². The highest BCUT2D eigenvalue weighted by Gasteiger charge is 2.06. The fourth-order valence-electron chi connectivity index (χ4n) is 1.55. The number of urea groups is 1. The molecule has 0 unspecified atom stereocenters. The minimum atomic E-state index is -0.456. The Bertz CT molecular complexity index is 707. The van der Waals surface area contributed by atoms with Gasteiger partial charge in [-0.3, -0.25) is 5.32 Å². The van der Waals surface area contributed by atoms with Gasteiger partial charge in [0.1, 0.15) is 12.4 Å². The minimum absolute atomic E-state index is 0.224. The first-order chi connectivity index (χ1) is 10.2. The van der Waals surface area contributed by atoms with Crippen molar-refractivity contribution in [3.05, 3.63) is 53.2 Å². The number of pyridine rings is 1. The van der Waals surface area contributed by atoms with Crippen molar-refractivity contribution < 1.29 is 9.90 Å². The third kappa shape index (κ3) is 4.49. The second-order valence-corrected chi connectivity index (χ2v) is 4.36. The third-order valence-electron chi connectivity index (χ3n) is 2.44.